The predicted octanol–water partition coefficient (Wildman–Crippen LogP) is 4.53. The van der Waals surface area contributed by atoms with Gasteiger partial charge < -0.3 is 15.8 Å². The van der Waals surface area contributed by atoms with E-state index in [1.807, 2.05) is 25.2 Å². The zero-order valence-corrected chi connectivity index (χ0v) is 16.5. The average molecular weight is 403 g/mol. The van der Waals surface area contributed by atoms with E-state index < -0.39 is 5.82 Å². The lowest BCUT2D eigenvalue weighted by atomic mass is 9.87. The Morgan fingerprint density at radius 2 is 1.87 bits per heavy atom. The molecule has 5 rings (SSSR count). The van der Waals surface area contributed by atoms with Gasteiger partial charge in [0.25, 0.3) is 0 Å². The summed E-state index contributed by atoms with van der Waals surface area (Å²) >= 11 is 0. The highest BCUT2D eigenvalue weighted by molar-refractivity contribution is 6.00. The Bertz CT molecular complexity index is 1200. The van der Waals surface area contributed by atoms with Crippen LogP contribution in [0.3, 0.4) is 0 Å². The summed E-state index contributed by atoms with van der Waals surface area (Å²) in [6, 6.07) is 16.6. The number of pyridine rings is 1. The third-order valence-corrected chi connectivity index (χ3v) is 5.71. The van der Waals surface area contributed by atoms with Crippen molar-refractivity contribution < 1.29 is 9.13 Å². The number of nitrogen functional groups attached to an aromatic ring is 1. The van der Waals surface area contributed by atoms with E-state index in [9.17, 15) is 4.39 Å². The van der Waals surface area contributed by atoms with Gasteiger partial charge in [-0.3, -0.25) is 4.68 Å². The fourth-order valence-electron chi connectivity index (χ4n) is 3.95. The van der Waals surface area contributed by atoms with Crippen LogP contribution in [-0.4, -0.2) is 27.9 Å². The van der Waals surface area contributed by atoms with Crippen molar-refractivity contribution in [3.63, 3.8) is 0 Å². The lowest BCUT2D eigenvalue weighted by Gasteiger charge is -2.35. The third kappa shape index (κ3) is 3.17. The van der Waals surface area contributed by atoms with Crippen molar-refractivity contribution in [3.05, 3.63) is 66.6 Å². The summed E-state index contributed by atoms with van der Waals surface area (Å²) in [6.45, 7) is 0. The van der Waals surface area contributed by atoms with Crippen LogP contribution in [0, 0.1) is 5.82 Å². The molecule has 30 heavy (non-hydrogen) atoms. The van der Waals surface area contributed by atoms with Gasteiger partial charge in [0.05, 0.1) is 16.9 Å². The van der Waals surface area contributed by atoms with Crippen molar-refractivity contribution in [2.24, 2.45) is 0 Å². The molecule has 4 aromatic rings. The molecule has 6 nitrogen and oxygen atoms in total. The molecule has 2 heterocycles. The van der Waals surface area contributed by atoms with Crippen LogP contribution in [0.5, 0.6) is 11.5 Å². The SMILES string of the molecule is CNC1CC(n2nc(-c3ccc(Oc4ccccc4F)cc3)c3c(N)nccc32)C1. The molecule has 3 N–H and O–H groups in total. The van der Waals surface area contributed by atoms with E-state index in [0.717, 1.165) is 35.0 Å². The molecule has 1 fully saturated rings. The number of aromatic nitrogens is 3. The fourth-order valence-corrected chi connectivity index (χ4v) is 3.95. The van der Waals surface area contributed by atoms with Crippen LogP contribution in [0.25, 0.3) is 22.2 Å². The maximum absolute atomic E-state index is 13.8. The van der Waals surface area contributed by atoms with E-state index in [1.165, 1.54) is 6.07 Å². The van der Waals surface area contributed by atoms with Gasteiger partial charge >= 0.3 is 0 Å². The number of rotatable bonds is 5. The molecule has 7 heteroatoms. The Morgan fingerprint density at radius 1 is 1.10 bits per heavy atom. The summed E-state index contributed by atoms with van der Waals surface area (Å²) in [5, 5.41) is 9.07. The quantitative estimate of drug-likeness (QED) is 0.512. The number of anilines is 1. The van der Waals surface area contributed by atoms with Gasteiger partial charge in [-0.1, -0.05) is 12.1 Å². The number of para-hydroxylation sites is 1. The number of benzene rings is 2. The number of halogens is 1. The average Bonchev–Trinajstić information content (AvgIpc) is 3.10. The minimum absolute atomic E-state index is 0.192. The Kier molecular flexibility index (Phi) is 4.59. The molecule has 2 aromatic heterocycles. The first kappa shape index (κ1) is 18.6. The minimum Gasteiger partial charge on any atom is -0.454 e. The van der Waals surface area contributed by atoms with Crippen LogP contribution in [0.4, 0.5) is 10.2 Å². The summed E-state index contributed by atoms with van der Waals surface area (Å²) in [4.78, 5) is 4.27. The van der Waals surface area contributed by atoms with E-state index in [1.54, 1.807) is 36.5 Å². The molecule has 1 aliphatic rings. The number of hydrogen-bond acceptors (Lipinski definition) is 5. The fraction of sp³-hybridized carbons (Fsp3) is 0.217. The number of nitrogens with two attached hydrogens (primary N) is 1. The Morgan fingerprint density at radius 3 is 2.60 bits per heavy atom. The van der Waals surface area contributed by atoms with E-state index in [4.69, 9.17) is 15.6 Å². The van der Waals surface area contributed by atoms with Crippen molar-refractivity contribution in [2.45, 2.75) is 24.9 Å². The van der Waals surface area contributed by atoms with Crippen LogP contribution in [0.1, 0.15) is 18.9 Å². The van der Waals surface area contributed by atoms with Gasteiger partial charge in [0, 0.05) is 17.8 Å². The lowest BCUT2D eigenvalue weighted by molar-refractivity contribution is 0.225. The topological polar surface area (TPSA) is 78.0 Å². The van der Waals surface area contributed by atoms with Gasteiger partial charge in [0.2, 0.25) is 0 Å². The largest absolute Gasteiger partial charge is 0.454 e. The highest BCUT2D eigenvalue weighted by atomic mass is 19.1. The molecular weight excluding hydrogens is 381 g/mol. The summed E-state index contributed by atoms with van der Waals surface area (Å²) in [5.74, 6) is 0.808. The van der Waals surface area contributed by atoms with E-state index in [0.29, 0.717) is 23.7 Å². The molecule has 0 bridgehead atoms. The van der Waals surface area contributed by atoms with Gasteiger partial charge in [-0.05, 0) is 62.4 Å². The molecular formula is C23H22FN5O. The minimum atomic E-state index is -0.398. The number of ether oxygens (including phenoxy) is 1. The van der Waals surface area contributed by atoms with Gasteiger partial charge in [-0.25, -0.2) is 9.37 Å². The number of fused-ring (bicyclic) bond motifs is 1. The maximum atomic E-state index is 13.8. The van der Waals surface area contributed by atoms with Crippen molar-refractivity contribution in [1.82, 2.24) is 20.1 Å². The number of nitrogens with zero attached hydrogens (tertiary/aromatic N) is 3. The van der Waals surface area contributed by atoms with Crippen molar-refractivity contribution in [2.75, 3.05) is 12.8 Å². The summed E-state index contributed by atoms with van der Waals surface area (Å²) in [6.07, 6.45) is 3.79. The second-order valence-electron chi connectivity index (χ2n) is 7.55. The van der Waals surface area contributed by atoms with Gasteiger partial charge in [0.15, 0.2) is 11.6 Å². The van der Waals surface area contributed by atoms with Crippen LogP contribution in [0.2, 0.25) is 0 Å². The summed E-state index contributed by atoms with van der Waals surface area (Å²) < 4.78 is 21.6. The Labute approximate surface area is 173 Å². The van der Waals surface area contributed by atoms with Crippen LogP contribution in [-0.2, 0) is 0 Å². The third-order valence-electron chi connectivity index (χ3n) is 5.71. The Balaban J connectivity index is 1.49. The van der Waals surface area contributed by atoms with Crippen molar-refractivity contribution in [1.29, 1.82) is 0 Å². The molecule has 0 unspecified atom stereocenters. The molecule has 0 amide bonds. The normalized spacial score (nSPS) is 18.3. The highest BCUT2D eigenvalue weighted by Crippen LogP contribution is 2.39. The number of hydrogen-bond donors (Lipinski definition) is 2. The monoisotopic (exact) mass is 403 g/mol. The van der Waals surface area contributed by atoms with Gasteiger partial charge in [-0.2, -0.15) is 5.10 Å². The molecule has 152 valence electrons. The summed E-state index contributed by atoms with van der Waals surface area (Å²) in [5.41, 5.74) is 8.91. The first-order valence-electron chi connectivity index (χ1n) is 9.97. The standard InChI is InChI=1S/C23H22FN5O/c1-26-15-12-16(13-15)29-19-10-11-27-23(25)21(19)22(28-29)14-6-8-17(9-7-14)30-20-5-3-2-4-18(20)24/h2-11,15-16,26H,12-13H2,1H3,(H2,25,27). The second-order valence-corrected chi connectivity index (χ2v) is 7.55. The second kappa shape index (κ2) is 7.42. The lowest BCUT2D eigenvalue weighted by Crippen LogP contribution is -2.40. The van der Waals surface area contributed by atoms with E-state index >= 15 is 0 Å². The Hall–Kier alpha value is -3.45. The molecule has 0 atom stereocenters. The molecule has 1 aliphatic carbocycles. The van der Waals surface area contributed by atoms with Crippen LogP contribution >= 0.6 is 0 Å². The molecule has 0 spiro atoms. The molecule has 0 radical (unpaired) electrons. The van der Waals surface area contributed by atoms with Crippen molar-refractivity contribution >= 4 is 16.7 Å². The summed E-state index contributed by atoms with van der Waals surface area (Å²) in [7, 11) is 1.99. The first-order valence-corrected chi connectivity index (χ1v) is 9.97. The predicted molar refractivity (Wildman–Crippen MR) is 115 cm³/mol. The maximum Gasteiger partial charge on any atom is 0.165 e. The highest BCUT2D eigenvalue weighted by Gasteiger charge is 2.32. The zero-order chi connectivity index (χ0) is 20.7. The van der Waals surface area contributed by atoms with Crippen LogP contribution in [0.15, 0.2) is 60.8 Å². The molecule has 0 aliphatic heterocycles. The van der Waals surface area contributed by atoms with Crippen molar-refractivity contribution in [3.8, 4) is 22.8 Å². The van der Waals surface area contributed by atoms with E-state index in [-0.39, 0.29) is 5.75 Å². The van der Waals surface area contributed by atoms with Gasteiger partial charge in [0.1, 0.15) is 17.3 Å². The smallest absolute Gasteiger partial charge is 0.165 e. The number of nitrogens with one attached hydrogen (secondary N) is 1. The first-order chi connectivity index (χ1) is 14.6. The van der Waals surface area contributed by atoms with Gasteiger partial charge in [-0.15, -0.1) is 0 Å². The van der Waals surface area contributed by atoms with E-state index in [2.05, 4.69) is 15.0 Å². The molecule has 0 saturated heterocycles. The molecule has 1 saturated carbocycles. The molecule has 2 aromatic carbocycles. The van der Waals surface area contributed by atoms with Crippen LogP contribution < -0.4 is 15.8 Å². The zero-order valence-electron chi connectivity index (χ0n) is 16.5.